The second kappa shape index (κ2) is 4.18. The van der Waals surface area contributed by atoms with Gasteiger partial charge in [-0.25, -0.2) is 0 Å². The monoisotopic (exact) mass is 215 g/mol. The molecule has 15 heavy (non-hydrogen) atoms. The molecule has 1 saturated heterocycles. The number of carbonyl (C=O) groups excluding carboxylic acids is 1. The number of amides is 1. The summed E-state index contributed by atoms with van der Waals surface area (Å²) in [4.78, 5) is 22.1. The zero-order valence-electron chi connectivity index (χ0n) is 9.24. The molecule has 2 atom stereocenters. The Bertz CT molecular complexity index is 275. The van der Waals surface area contributed by atoms with Crippen LogP contribution in [0.1, 0.15) is 20.8 Å². The predicted octanol–water partition coefficient (Wildman–Crippen LogP) is 0.248. The van der Waals surface area contributed by atoms with Gasteiger partial charge >= 0.3 is 5.97 Å². The number of ether oxygens (including phenoxy) is 1. The standard InChI is InChI=1S/C10H17NO4/c1-6(9(13)14)8(12)11-7-4-15-5-10(7,2)3/h6-7H,4-5H2,1-3H3,(H,11,12)(H,13,14). The number of hydrogen-bond donors (Lipinski definition) is 2. The van der Waals surface area contributed by atoms with Crippen molar-refractivity contribution in [3.05, 3.63) is 0 Å². The lowest BCUT2D eigenvalue weighted by molar-refractivity contribution is -0.146. The zero-order valence-corrected chi connectivity index (χ0v) is 9.24. The minimum absolute atomic E-state index is 0.105. The summed E-state index contributed by atoms with van der Waals surface area (Å²) in [6.45, 7) is 6.37. The average molecular weight is 215 g/mol. The van der Waals surface area contributed by atoms with Crippen LogP contribution in [0.5, 0.6) is 0 Å². The molecule has 1 aliphatic rings. The first-order valence-corrected chi connectivity index (χ1v) is 4.95. The van der Waals surface area contributed by atoms with E-state index in [9.17, 15) is 9.59 Å². The maximum absolute atomic E-state index is 11.5. The number of carboxylic acids is 1. The summed E-state index contributed by atoms with van der Waals surface area (Å²) in [7, 11) is 0. The lowest BCUT2D eigenvalue weighted by Crippen LogP contribution is -2.47. The van der Waals surface area contributed by atoms with E-state index in [1.165, 1.54) is 6.92 Å². The van der Waals surface area contributed by atoms with Gasteiger partial charge in [0, 0.05) is 5.41 Å². The second-order valence-corrected chi connectivity index (χ2v) is 4.62. The van der Waals surface area contributed by atoms with Crippen LogP contribution >= 0.6 is 0 Å². The molecular formula is C10H17NO4. The van der Waals surface area contributed by atoms with Crippen molar-refractivity contribution in [2.24, 2.45) is 11.3 Å². The van der Waals surface area contributed by atoms with Crippen LogP contribution in [-0.2, 0) is 14.3 Å². The Kier molecular flexibility index (Phi) is 3.34. The lowest BCUT2D eigenvalue weighted by atomic mass is 9.87. The zero-order chi connectivity index (χ0) is 11.6. The molecule has 2 N–H and O–H groups in total. The van der Waals surface area contributed by atoms with Crippen LogP contribution in [0.2, 0.25) is 0 Å². The average Bonchev–Trinajstić information content (AvgIpc) is 2.44. The van der Waals surface area contributed by atoms with Gasteiger partial charge in [0.1, 0.15) is 5.92 Å². The number of nitrogens with one attached hydrogen (secondary N) is 1. The minimum Gasteiger partial charge on any atom is -0.481 e. The van der Waals surface area contributed by atoms with Crippen LogP contribution in [0.15, 0.2) is 0 Å². The SMILES string of the molecule is CC(C(=O)O)C(=O)NC1COCC1(C)C. The van der Waals surface area contributed by atoms with Crippen LogP contribution in [0.3, 0.4) is 0 Å². The lowest BCUT2D eigenvalue weighted by Gasteiger charge is -2.26. The molecule has 0 saturated carbocycles. The van der Waals surface area contributed by atoms with Gasteiger partial charge in [0.15, 0.2) is 0 Å². The smallest absolute Gasteiger partial charge is 0.315 e. The van der Waals surface area contributed by atoms with E-state index in [0.717, 1.165) is 0 Å². The number of rotatable bonds is 3. The third kappa shape index (κ3) is 2.68. The predicted molar refractivity (Wildman–Crippen MR) is 53.3 cm³/mol. The van der Waals surface area contributed by atoms with Crippen molar-refractivity contribution in [2.75, 3.05) is 13.2 Å². The summed E-state index contributed by atoms with van der Waals surface area (Å²) in [5, 5.41) is 11.4. The first-order chi connectivity index (χ1) is 6.84. The van der Waals surface area contributed by atoms with E-state index in [4.69, 9.17) is 9.84 Å². The molecular weight excluding hydrogens is 198 g/mol. The summed E-state index contributed by atoms with van der Waals surface area (Å²) >= 11 is 0. The number of carbonyl (C=O) groups is 2. The van der Waals surface area contributed by atoms with Gasteiger partial charge < -0.3 is 15.2 Å². The number of hydrogen-bond acceptors (Lipinski definition) is 3. The summed E-state index contributed by atoms with van der Waals surface area (Å²) in [5.41, 5.74) is -0.131. The Morgan fingerprint density at radius 3 is 2.53 bits per heavy atom. The fourth-order valence-corrected chi connectivity index (χ4v) is 1.41. The molecule has 0 aliphatic carbocycles. The van der Waals surface area contributed by atoms with Gasteiger partial charge in [0.25, 0.3) is 0 Å². The summed E-state index contributed by atoms with van der Waals surface area (Å²) in [5.74, 6) is -2.57. The fourth-order valence-electron chi connectivity index (χ4n) is 1.41. The van der Waals surface area contributed by atoms with Gasteiger partial charge in [0.2, 0.25) is 5.91 Å². The van der Waals surface area contributed by atoms with Crippen LogP contribution in [0.4, 0.5) is 0 Å². The summed E-state index contributed by atoms with van der Waals surface area (Å²) < 4.78 is 5.25. The second-order valence-electron chi connectivity index (χ2n) is 4.62. The molecule has 0 spiro atoms. The highest BCUT2D eigenvalue weighted by atomic mass is 16.5. The highest BCUT2D eigenvalue weighted by Gasteiger charge is 2.37. The first-order valence-electron chi connectivity index (χ1n) is 4.95. The normalized spacial score (nSPS) is 25.9. The van der Waals surface area contributed by atoms with Crippen molar-refractivity contribution in [1.82, 2.24) is 5.32 Å². The van der Waals surface area contributed by atoms with Crippen molar-refractivity contribution in [3.63, 3.8) is 0 Å². The van der Waals surface area contributed by atoms with Crippen LogP contribution in [0, 0.1) is 11.3 Å². The summed E-state index contributed by atoms with van der Waals surface area (Å²) in [6.07, 6.45) is 0. The molecule has 5 heteroatoms. The molecule has 0 aromatic heterocycles. The maximum atomic E-state index is 11.5. The molecule has 0 bridgehead atoms. The molecule has 5 nitrogen and oxygen atoms in total. The molecule has 1 aliphatic heterocycles. The van der Waals surface area contributed by atoms with E-state index in [0.29, 0.717) is 13.2 Å². The topological polar surface area (TPSA) is 75.6 Å². The van der Waals surface area contributed by atoms with E-state index in [1.54, 1.807) is 0 Å². The molecule has 1 rings (SSSR count). The van der Waals surface area contributed by atoms with Crippen molar-refractivity contribution in [3.8, 4) is 0 Å². The Hall–Kier alpha value is -1.10. The van der Waals surface area contributed by atoms with E-state index in [-0.39, 0.29) is 11.5 Å². The largest absolute Gasteiger partial charge is 0.481 e. The van der Waals surface area contributed by atoms with E-state index >= 15 is 0 Å². The van der Waals surface area contributed by atoms with Crippen molar-refractivity contribution in [2.45, 2.75) is 26.8 Å². The molecule has 1 amide bonds. The Labute approximate surface area is 88.8 Å². The Morgan fingerprint density at radius 2 is 2.13 bits per heavy atom. The van der Waals surface area contributed by atoms with Crippen LogP contribution < -0.4 is 5.32 Å². The molecule has 0 aromatic carbocycles. The molecule has 86 valence electrons. The molecule has 1 fully saturated rings. The quantitative estimate of drug-likeness (QED) is 0.662. The fraction of sp³-hybridized carbons (Fsp3) is 0.800. The highest BCUT2D eigenvalue weighted by Crippen LogP contribution is 2.27. The first kappa shape index (κ1) is 12.0. The molecule has 0 radical (unpaired) electrons. The van der Waals surface area contributed by atoms with Crippen LogP contribution in [-0.4, -0.2) is 36.2 Å². The highest BCUT2D eigenvalue weighted by molar-refractivity contribution is 5.96. The van der Waals surface area contributed by atoms with Gasteiger partial charge in [0.05, 0.1) is 19.3 Å². The maximum Gasteiger partial charge on any atom is 0.315 e. The van der Waals surface area contributed by atoms with Gasteiger partial charge in [-0.1, -0.05) is 13.8 Å². The van der Waals surface area contributed by atoms with Gasteiger partial charge in [-0.2, -0.15) is 0 Å². The van der Waals surface area contributed by atoms with Crippen LogP contribution in [0.25, 0.3) is 0 Å². The minimum atomic E-state index is -1.11. The molecule has 2 unspecified atom stereocenters. The molecule has 1 heterocycles. The van der Waals surface area contributed by atoms with Gasteiger partial charge in [-0.3, -0.25) is 9.59 Å². The van der Waals surface area contributed by atoms with Gasteiger partial charge in [-0.15, -0.1) is 0 Å². The van der Waals surface area contributed by atoms with E-state index in [1.807, 2.05) is 13.8 Å². The third-order valence-corrected chi connectivity index (χ3v) is 2.78. The van der Waals surface area contributed by atoms with Crippen molar-refractivity contribution >= 4 is 11.9 Å². The van der Waals surface area contributed by atoms with Crippen molar-refractivity contribution in [1.29, 1.82) is 0 Å². The number of aliphatic carboxylic acids is 1. The third-order valence-electron chi connectivity index (χ3n) is 2.78. The van der Waals surface area contributed by atoms with Crippen molar-refractivity contribution < 1.29 is 19.4 Å². The Morgan fingerprint density at radius 1 is 1.53 bits per heavy atom. The summed E-state index contributed by atoms with van der Waals surface area (Å²) in [6, 6.07) is -0.105. The number of carboxylic acid groups (broad SMARTS) is 1. The van der Waals surface area contributed by atoms with E-state index in [2.05, 4.69) is 5.32 Å². The Balaban J connectivity index is 2.55. The van der Waals surface area contributed by atoms with E-state index < -0.39 is 17.8 Å². The van der Waals surface area contributed by atoms with Gasteiger partial charge in [-0.05, 0) is 6.92 Å². The molecule has 0 aromatic rings.